The standard InChI is InChI=1S/C23H30N4/c1-18-7-9-20(10-8-18)17-27-19(2)15-23(24-27)21-5-4-6-22(16-21)26-13-11-25(3)12-14-26/h4-10,15,21H,11-14,16-17H2,1-3H3. The summed E-state index contributed by atoms with van der Waals surface area (Å²) in [5.41, 5.74) is 6.48. The Morgan fingerprint density at radius 3 is 2.52 bits per heavy atom. The van der Waals surface area contributed by atoms with E-state index >= 15 is 0 Å². The van der Waals surface area contributed by atoms with Crippen molar-refractivity contribution in [3.8, 4) is 0 Å². The molecule has 142 valence electrons. The zero-order chi connectivity index (χ0) is 18.8. The molecule has 0 radical (unpaired) electrons. The van der Waals surface area contributed by atoms with Crippen molar-refractivity contribution in [1.82, 2.24) is 19.6 Å². The number of piperazine rings is 1. The van der Waals surface area contributed by atoms with E-state index in [0.29, 0.717) is 5.92 Å². The van der Waals surface area contributed by atoms with Crippen molar-refractivity contribution in [1.29, 1.82) is 0 Å². The first-order valence-electron chi connectivity index (χ1n) is 9.99. The number of rotatable bonds is 4. The van der Waals surface area contributed by atoms with Crippen LogP contribution in [0.3, 0.4) is 0 Å². The molecule has 0 bridgehead atoms. The van der Waals surface area contributed by atoms with Gasteiger partial charge in [0.25, 0.3) is 0 Å². The van der Waals surface area contributed by atoms with E-state index in [9.17, 15) is 0 Å². The van der Waals surface area contributed by atoms with E-state index < -0.39 is 0 Å². The van der Waals surface area contributed by atoms with Crippen LogP contribution in [0.2, 0.25) is 0 Å². The van der Waals surface area contributed by atoms with Gasteiger partial charge >= 0.3 is 0 Å². The molecular weight excluding hydrogens is 332 g/mol. The summed E-state index contributed by atoms with van der Waals surface area (Å²) in [6.45, 7) is 9.68. The molecule has 4 nitrogen and oxygen atoms in total. The normalized spacial score (nSPS) is 20.8. The Morgan fingerprint density at radius 2 is 1.78 bits per heavy atom. The van der Waals surface area contributed by atoms with Gasteiger partial charge in [0.15, 0.2) is 0 Å². The topological polar surface area (TPSA) is 24.3 Å². The summed E-state index contributed by atoms with van der Waals surface area (Å²) in [5, 5.41) is 4.95. The van der Waals surface area contributed by atoms with Crippen LogP contribution in [0.15, 0.2) is 54.3 Å². The van der Waals surface area contributed by atoms with Crippen LogP contribution in [0.25, 0.3) is 0 Å². The Hall–Kier alpha value is -2.33. The number of likely N-dealkylation sites (N-methyl/N-ethyl adjacent to an activating group) is 1. The minimum absolute atomic E-state index is 0.377. The minimum atomic E-state index is 0.377. The maximum absolute atomic E-state index is 4.95. The van der Waals surface area contributed by atoms with Crippen LogP contribution in [-0.2, 0) is 6.54 Å². The molecule has 0 amide bonds. The summed E-state index contributed by atoms with van der Waals surface area (Å²) in [5.74, 6) is 0.377. The van der Waals surface area contributed by atoms with Crippen molar-refractivity contribution in [2.45, 2.75) is 32.7 Å². The molecule has 0 N–H and O–H groups in total. The number of nitrogens with zero attached hydrogens (tertiary/aromatic N) is 4. The molecule has 2 aliphatic rings. The molecule has 27 heavy (non-hydrogen) atoms. The van der Waals surface area contributed by atoms with Gasteiger partial charge in [-0.2, -0.15) is 5.10 Å². The molecule has 0 saturated carbocycles. The predicted molar refractivity (Wildman–Crippen MR) is 111 cm³/mol. The van der Waals surface area contributed by atoms with Crippen LogP contribution in [0.4, 0.5) is 0 Å². The Balaban J connectivity index is 1.45. The molecule has 2 aromatic rings. The van der Waals surface area contributed by atoms with E-state index in [-0.39, 0.29) is 0 Å². The Morgan fingerprint density at radius 1 is 1.04 bits per heavy atom. The molecule has 1 saturated heterocycles. The molecule has 1 aromatic carbocycles. The molecule has 4 rings (SSSR count). The smallest absolute Gasteiger partial charge is 0.0700 e. The van der Waals surface area contributed by atoms with E-state index in [2.05, 4.69) is 83.9 Å². The first-order valence-corrected chi connectivity index (χ1v) is 9.99. The van der Waals surface area contributed by atoms with Gasteiger partial charge in [0.1, 0.15) is 0 Å². The summed E-state index contributed by atoms with van der Waals surface area (Å²) >= 11 is 0. The largest absolute Gasteiger partial charge is 0.372 e. The highest BCUT2D eigenvalue weighted by Crippen LogP contribution is 2.30. The second-order valence-electron chi connectivity index (χ2n) is 8.00. The minimum Gasteiger partial charge on any atom is -0.372 e. The van der Waals surface area contributed by atoms with Gasteiger partial charge in [0, 0.05) is 43.5 Å². The van der Waals surface area contributed by atoms with E-state index in [1.807, 2.05) is 0 Å². The first-order chi connectivity index (χ1) is 13.1. The molecule has 0 spiro atoms. The van der Waals surface area contributed by atoms with Gasteiger partial charge in [0.05, 0.1) is 12.2 Å². The average Bonchev–Trinajstić information content (AvgIpc) is 3.05. The second-order valence-corrected chi connectivity index (χ2v) is 8.00. The monoisotopic (exact) mass is 362 g/mol. The van der Waals surface area contributed by atoms with Crippen molar-refractivity contribution in [2.75, 3.05) is 33.2 Å². The van der Waals surface area contributed by atoms with E-state index in [1.54, 1.807) is 0 Å². The fourth-order valence-corrected chi connectivity index (χ4v) is 3.94. The predicted octanol–water partition coefficient (Wildman–Crippen LogP) is 3.72. The van der Waals surface area contributed by atoms with Crippen LogP contribution in [0, 0.1) is 13.8 Å². The SMILES string of the molecule is Cc1ccc(Cn2nc(C3C=CC=C(N4CCN(C)CC4)C3)cc2C)cc1. The molecule has 1 aromatic heterocycles. The zero-order valence-electron chi connectivity index (χ0n) is 16.7. The lowest BCUT2D eigenvalue weighted by Crippen LogP contribution is -2.44. The third-order valence-electron chi connectivity index (χ3n) is 5.80. The highest BCUT2D eigenvalue weighted by molar-refractivity contribution is 5.29. The Bertz CT molecular complexity index is 836. The van der Waals surface area contributed by atoms with Gasteiger partial charge in [-0.1, -0.05) is 42.0 Å². The van der Waals surface area contributed by atoms with Crippen molar-refractivity contribution in [3.63, 3.8) is 0 Å². The Labute approximate surface area is 162 Å². The van der Waals surface area contributed by atoms with Crippen LogP contribution >= 0.6 is 0 Å². The van der Waals surface area contributed by atoms with Crippen molar-refractivity contribution >= 4 is 0 Å². The van der Waals surface area contributed by atoms with E-state index in [1.165, 1.54) is 28.2 Å². The van der Waals surface area contributed by atoms with Gasteiger partial charge in [0.2, 0.25) is 0 Å². The number of aromatic nitrogens is 2. The van der Waals surface area contributed by atoms with Gasteiger partial charge in [-0.05, 0) is 45.0 Å². The summed E-state index contributed by atoms with van der Waals surface area (Å²) in [7, 11) is 2.21. The lowest BCUT2D eigenvalue weighted by Gasteiger charge is -2.37. The quantitative estimate of drug-likeness (QED) is 0.828. The number of hydrogen-bond acceptors (Lipinski definition) is 3. The lowest BCUT2D eigenvalue weighted by atomic mass is 9.94. The highest BCUT2D eigenvalue weighted by atomic mass is 15.3. The molecule has 1 aliphatic carbocycles. The fraction of sp³-hybridized carbons (Fsp3) is 0.435. The molecule has 1 aliphatic heterocycles. The van der Waals surface area contributed by atoms with Crippen LogP contribution < -0.4 is 0 Å². The van der Waals surface area contributed by atoms with Crippen LogP contribution in [0.5, 0.6) is 0 Å². The first kappa shape index (κ1) is 18.1. The van der Waals surface area contributed by atoms with Gasteiger partial charge in [-0.25, -0.2) is 0 Å². The number of benzene rings is 1. The Kier molecular flexibility index (Phi) is 5.17. The molecule has 1 fully saturated rings. The second kappa shape index (κ2) is 7.73. The molecule has 1 unspecified atom stereocenters. The lowest BCUT2D eigenvalue weighted by molar-refractivity contribution is 0.181. The summed E-state index contributed by atoms with van der Waals surface area (Å²) in [6, 6.07) is 11.0. The number of allylic oxidation sites excluding steroid dienone is 4. The van der Waals surface area contributed by atoms with Crippen LogP contribution in [0.1, 0.15) is 34.9 Å². The fourth-order valence-electron chi connectivity index (χ4n) is 3.94. The van der Waals surface area contributed by atoms with Gasteiger partial charge in [-0.3, -0.25) is 4.68 Å². The van der Waals surface area contributed by atoms with Gasteiger partial charge in [-0.15, -0.1) is 0 Å². The maximum atomic E-state index is 4.95. The van der Waals surface area contributed by atoms with Crippen molar-refractivity contribution in [2.24, 2.45) is 0 Å². The maximum Gasteiger partial charge on any atom is 0.0700 e. The zero-order valence-corrected chi connectivity index (χ0v) is 16.7. The van der Waals surface area contributed by atoms with Gasteiger partial charge < -0.3 is 9.80 Å². The summed E-state index contributed by atoms with van der Waals surface area (Å²) in [4.78, 5) is 4.95. The average molecular weight is 363 g/mol. The van der Waals surface area contributed by atoms with E-state index in [4.69, 9.17) is 5.10 Å². The summed E-state index contributed by atoms with van der Waals surface area (Å²) in [6.07, 6.45) is 7.87. The molecule has 4 heteroatoms. The molecular formula is C23H30N4. The highest BCUT2D eigenvalue weighted by Gasteiger charge is 2.22. The molecule has 1 atom stereocenters. The third-order valence-corrected chi connectivity index (χ3v) is 5.80. The van der Waals surface area contributed by atoms with Crippen LogP contribution in [-0.4, -0.2) is 52.8 Å². The van der Waals surface area contributed by atoms with E-state index in [0.717, 1.165) is 39.1 Å². The summed E-state index contributed by atoms with van der Waals surface area (Å²) < 4.78 is 2.14. The van der Waals surface area contributed by atoms with Crippen molar-refractivity contribution < 1.29 is 0 Å². The number of hydrogen-bond donors (Lipinski definition) is 0. The van der Waals surface area contributed by atoms with Crippen molar-refractivity contribution in [3.05, 3.63) is 76.8 Å². The molecule has 2 heterocycles. The number of aryl methyl sites for hydroxylation is 2. The third kappa shape index (κ3) is 4.16.